The Morgan fingerprint density at radius 1 is 0.833 bits per heavy atom. The molecule has 0 saturated carbocycles. The second-order valence-electron chi connectivity index (χ2n) is 8.01. The summed E-state index contributed by atoms with van der Waals surface area (Å²) < 4.78 is 28.1. The van der Waals surface area contributed by atoms with E-state index in [0.29, 0.717) is 6.42 Å². The molecular formula is C27H30NO7P. The lowest BCUT2D eigenvalue weighted by Crippen LogP contribution is -2.38. The molecule has 0 bridgehead atoms. The van der Waals surface area contributed by atoms with Crippen LogP contribution in [0.3, 0.4) is 0 Å². The zero-order chi connectivity index (χ0) is 25.6. The Labute approximate surface area is 210 Å². The Bertz CT molecular complexity index is 1130. The van der Waals surface area contributed by atoms with Gasteiger partial charge >= 0.3 is 13.8 Å². The van der Waals surface area contributed by atoms with Crippen LogP contribution in [0.5, 0.6) is 0 Å². The number of benzene rings is 3. The summed E-state index contributed by atoms with van der Waals surface area (Å²) in [5, 5.41) is 2.58. The molecule has 0 aromatic heterocycles. The molecule has 9 heteroatoms. The average molecular weight is 512 g/mol. The fourth-order valence-electron chi connectivity index (χ4n) is 3.33. The first kappa shape index (κ1) is 27.3. The molecule has 2 atom stereocenters. The van der Waals surface area contributed by atoms with Gasteiger partial charge in [-0.15, -0.1) is 0 Å². The minimum atomic E-state index is -4.52. The van der Waals surface area contributed by atoms with Crippen molar-refractivity contribution in [2.24, 2.45) is 0 Å². The van der Waals surface area contributed by atoms with Crippen LogP contribution in [-0.4, -0.2) is 36.0 Å². The molecular weight excluding hydrogens is 481 g/mol. The van der Waals surface area contributed by atoms with E-state index in [1.165, 1.54) is 0 Å². The van der Waals surface area contributed by atoms with Crippen LogP contribution in [0.15, 0.2) is 91.0 Å². The first-order chi connectivity index (χ1) is 17.4. The smallest absolute Gasteiger partial charge is 0.461 e. The minimum absolute atomic E-state index is 0.00823. The Hall–Kier alpha value is -3.29. The molecule has 0 fully saturated rings. The van der Waals surface area contributed by atoms with Crippen LogP contribution in [0.25, 0.3) is 0 Å². The van der Waals surface area contributed by atoms with E-state index in [1.807, 2.05) is 66.7 Å². The summed E-state index contributed by atoms with van der Waals surface area (Å²) in [6.45, 7) is 0.0812. The number of nitrogens with one attached hydrogen (secondary N) is 1. The number of carbonyl (C=O) groups excluding carboxylic acids is 2. The molecule has 36 heavy (non-hydrogen) atoms. The number of amides is 1. The summed E-state index contributed by atoms with van der Waals surface area (Å²) in [4.78, 5) is 35.1. The van der Waals surface area contributed by atoms with Gasteiger partial charge in [0.25, 0.3) is 0 Å². The monoisotopic (exact) mass is 511 g/mol. The standard InChI is InChI=1S/C27H30NO7P/c29-26(33-21-24-14-8-3-9-15-24)16-18-28-27(30)25(20-23-12-6-2-7-13-23)35-36(31,32)34-19-17-22-10-4-1-5-11-22/h1-15,25H,16-21H2,(H,28,30)(H,31,32)/t25-/m0/s1. The van der Waals surface area contributed by atoms with E-state index in [4.69, 9.17) is 13.8 Å². The molecule has 190 valence electrons. The van der Waals surface area contributed by atoms with Crippen LogP contribution in [0.4, 0.5) is 0 Å². The lowest BCUT2D eigenvalue weighted by molar-refractivity contribution is -0.145. The molecule has 8 nitrogen and oxygen atoms in total. The summed E-state index contributed by atoms with van der Waals surface area (Å²) >= 11 is 0. The third kappa shape index (κ3) is 10.1. The van der Waals surface area contributed by atoms with Crippen molar-refractivity contribution in [1.29, 1.82) is 0 Å². The van der Waals surface area contributed by atoms with Gasteiger partial charge in [0, 0.05) is 13.0 Å². The highest BCUT2D eigenvalue weighted by Crippen LogP contribution is 2.45. The van der Waals surface area contributed by atoms with Crippen LogP contribution in [0.1, 0.15) is 23.1 Å². The Balaban J connectivity index is 1.51. The molecule has 3 aromatic rings. The van der Waals surface area contributed by atoms with Gasteiger partial charge in [0.2, 0.25) is 5.91 Å². The largest absolute Gasteiger partial charge is 0.472 e. The summed E-state index contributed by atoms with van der Waals surface area (Å²) in [5.74, 6) is -1.10. The summed E-state index contributed by atoms with van der Waals surface area (Å²) in [6.07, 6.45) is -0.881. The Morgan fingerprint density at radius 3 is 2.00 bits per heavy atom. The van der Waals surface area contributed by atoms with Gasteiger partial charge in [-0.1, -0.05) is 91.0 Å². The van der Waals surface area contributed by atoms with Crippen LogP contribution in [-0.2, 0) is 47.4 Å². The molecule has 1 amide bonds. The number of carbonyl (C=O) groups is 2. The molecule has 3 aromatic carbocycles. The number of hydrogen-bond donors (Lipinski definition) is 2. The number of phosphoric ester groups is 1. The van der Waals surface area contributed by atoms with Crippen molar-refractivity contribution in [3.8, 4) is 0 Å². The van der Waals surface area contributed by atoms with Gasteiger partial charge in [-0.25, -0.2) is 4.57 Å². The van der Waals surface area contributed by atoms with Crippen LogP contribution < -0.4 is 5.32 Å². The SMILES string of the molecule is O=C(CCNC(=O)[C@H](Cc1ccccc1)OP(=O)(O)OCCc1ccccc1)OCc1ccccc1. The minimum Gasteiger partial charge on any atom is -0.461 e. The van der Waals surface area contributed by atoms with Gasteiger partial charge in [0.1, 0.15) is 6.61 Å². The highest BCUT2D eigenvalue weighted by molar-refractivity contribution is 7.47. The van der Waals surface area contributed by atoms with E-state index in [0.717, 1.165) is 16.7 Å². The zero-order valence-electron chi connectivity index (χ0n) is 19.8. The van der Waals surface area contributed by atoms with Crippen molar-refractivity contribution in [3.63, 3.8) is 0 Å². The predicted octanol–water partition coefficient (Wildman–Crippen LogP) is 4.22. The second-order valence-corrected chi connectivity index (χ2v) is 9.41. The number of hydrogen-bond acceptors (Lipinski definition) is 6. The number of ether oxygens (including phenoxy) is 1. The van der Waals surface area contributed by atoms with Crippen molar-refractivity contribution < 1.29 is 32.8 Å². The molecule has 0 radical (unpaired) electrons. The lowest BCUT2D eigenvalue weighted by Gasteiger charge is -2.20. The van der Waals surface area contributed by atoms with Gasteiger partial charge < -0.3 is 14.9 Å². The van der Waals surface area contributed by atoms with Crippen molar-refractivity contribution in [3.05, 3.63) is 108 Å². The van der Waals surface area contributed by atoms with Gasteiger partial charge in [0.15, 0.2) is 6.10 Å². The van der Waals surface area contributed by atoms with Crippen LogP contribution in [0.2, 0.25) is 0 Å². The maximum Gasteiger partial charge on any atom is 0.472 e. The fraction of sp³-hybridized carbons (Fsp3) is 0.259. The summed E-state index contributed by atoms with van der Waals surface area (Å²) in [6, 6.07) is 27.6. The lowest BCUT2D eigenvalue weighted by atomic mass is 10.1. The normalized spacial score (nSPS) is 13.4. The highest BCUT2D eigenvalue weighted by Gasteiger charge is 2.31. The number of phosphoric acid groups is 1. The molecule has 0 aliphatic heterocycles. The number of rotatable bonds is 14. The molecule has 1 unspecified atom stereocenters. The van der Waals surface area contributed by atoms with Crippen molar-refractivity contribution in [2.45, 2.75) is 32.0 Å². The molecule has 0 saturated heterocycles. The molecule has 3 rings (SSSR count). The van der Waals surface area contributed by atoms with Gasteiger partial charge in [-0.3, -0.25) is 18.6 Å². The van der Waals surface area contributed by atoms with E-state index in [1.54, 1.807) is 24.3 Å². The van der Waals surface area contributed by atoms with Crippen molar-refractivity contribution >= 4 is 19.7 Å². The summed E-state index contributed by atoms with van der Waals surface area (Å²) in [5.41, 5.74) is 2.54. The first-order valence-electron chi connectivity index (χ1n) is 11.6. The molecule has 0 aliphatic carbocycles. The van der Waals surface area contributed by atoms with Gasteiger partial charge in [-0.05, 0) is 23.1 Å². The number of esters is 1. The van der Waals surface area contributed by atoms with E-state index in [2.05, 4.69) is 5.32 Å². The third-order valence-electron chi connectivity index (χ3n) is 5.18. The summed E-state index contributed by atoms with van der Waals surface area (Å²) in [7, 11) is -4.52. The maximum atomic E-state index is 12.8. The third-order valence-corrected chi connectivity index (χ3v) is 6.21. The zero-order valence-corrected chi connectivity index (χ0v) is 20.7. The topological polar surface area (TPSA) is 111 Å². The van der Waals surface area contributed by atoms with Gasteiger partial charge in [0.05, 0.1) is 13.0 Å². The molecule has 0 aliphatic rings. The van der Waals surface area contributed by atoms with Crippen molar-refractivity contribution in [1.82, 2.24) is 5.32 Å². The highest BCUT2D eigenvalue weighted by atomic mass is 31.2. The molecule has 2 N–H and O–H groups in total. The molecule has 0 heterocycles. The first-order valence-corrected chi connectivity index (χ1v) is 13.1. The van der Waals surface area contributed by atoms with Crippen LogP contribution >= 0.6 is 7.82 Å². The van der Waals surface area contributed by atoms with E-state index in [9.17, 15) is 19.0 Å². The Morgan fingerprint density at radius 2 is 1.39 bits per heavy atom. The predicted molar refractivity (Wildman–Crippen MR) is 135 cm³/mol. The van der Waals surface area contributed by atoms with Gasteiger partial charge in [-0.2, -0.15) is 0 Å². The maximum absolute atomic E-state index is 12.8. The fourth-order valence-corrected chi connectivity index (χ4v) is 4.21. The average Bonchev–Trinajstić information content (AvgIpc) is 2.88. The quantitative estimate of drug-likeness (QED) is 0.246. The Kier molecular flexibility index (Phi) is 10.9. The van der Waals surface area contributed by atoms with E-state index in [-0.39, 0.29) is 32.6 Å². The second kappa shape index (κ2) is 14.3. The van der Waals surface area contributed by atoms with Crippen LogP contribution in [0, 0.1) is 0 Å². The van der Waals surface area contributed by atoms with E-state index < -0.39 is 25.8 Å². The van der Waals surface area contributed by atoms with Crippen molar-refractivity contribution in [2.75, 3.05) is 13.2 Å². The van der Waals surface area contributed by atoms with E-state index >= 15 is 0 Å². The molecule has 0 spiro atoms.